The summed E-state index contributed by atoms with van der Waals surface area (Å²) in [5.41, 5.74) is 0. The summed E-state index contributed by atoms with van der Waals surface area (Å²) in [7, 11) is 0. The minimum atomic E-state index is 0.0322. The molecule has 0 bridgehead atoms. The highest BCUT2D eigenvalue weighted by Crippen LogP contribution is 1.99. The Balaban J connectivity index is 3.31. The van der Waals surface area contributed by atoms with Gasteiger partial charge in [-0.1, -0.05) is 0 Å². The molecule has 0 saturated carbocycles. The molecule has 0 radical (unpaired) electrons. The molecule has 0 atom stereocenters. The number of nitrogens with one attached hydrogen (secondary N) is 2. The fourth-order valence-corrected chi connectivity index (χ4v) is 1.36. The Hall–Kier alpha value is -0.360. The SMILES string of the molecule is O=C(CCCCC(=O)NCCS)NCCS. The zero-order chi connectivity index (χ0) is 12.2. The quantitative estimate of drug-likeness (QED) is 0.365. The first-order chi connectivity index (χ1) is 7.70. The van der Waals surface area contributed by atoms with Crippen molar-refractivity contribution in [2.45, 2.75) is 25.7 Å². The van der Waals surface area contributed by atoms with Crippen LogP contribution in [0.4, 0.5) is 0 Å². The fourth-order valence-electron chi connectivity index (χ4n) is 1.14. The summed E-state index contributed by atoms with van der Waals surface area (Å²) in [6.45, 7) is 1.20. The maximum Gasteiger partial charge on any atom is 0.220 e. The third kappa shape index (κ3) is 10.2. The molecule has 0 fully saturated rings. The maximum absolute atomic E-state index is 11.2. The van der Waals surface area contributed by atoms with E-state index in [4.69, 9.17) is 0 Å². The predicted octanol–water partition coefficient (Wildman–Crippen LogP) is 0.639. The van der Waals surface area contributed by atoms with Crippen LogP contribution in [-0.2, 0) is 9.59 Å². The van der Waals surface area contributed by atoms with E-state index >= 15 is 0 Å². The van der Waals surface area contributed by atoms with Gasteiger partial charge in [0.15, 0.2) is 0 Å². The smallest absolute Gasteiger partial charge is 0.220 e. The molecule has 0 aliphatic heterocycles. The number of unbranched alkanes of at least 4 members (excludes halogenated alkanes) is 1. The largest absolute Gasteiger partial charge is 0.355 e. The van der Waals surface area contributed by atoms with E-state index in [-0.39, 0.29) is 11.8 Å². The molecule has 0 aromatic carbocycles. The topological polar surface area (TPSA) is 58.2 Å². The van der Waals surface area contributed by atoms with Crippen LogP contribution in [0.5, 0.6) is 0 Å². The summed E-state index contributed by atoms with van der Waals surface area (Å²) in [6, 6.07) is 0. The molecule has 2 N–H and O–H groups in total. The second-order valence-electron chi connectivity index (χ2n) is 3.35. The van der Waals surface area contributed by atoms with Crippen molar-refractivity contribution >= 4 is 37.1 Å². The van der Waals surface area contributed by atoms with Crippen molar-refractivity contribution in [1.82, 2.24) is 10.6 Å². The number of carbonyl (C=O) groups excluding carboxylic acids is 2. The van der Waals surface area contributed by atoms with E-state index in [1.807, 2.05) is 0 Å². The first-order valence-electron chi connectivity index (χ1n) is 5.45. The average molecular weight is 264 g/mol. The Kier molecular flexibility index (Phi) is 10.9. The van der Waals surface area contributed by atoms with E-state index in [1.165, 1.54) is 0 Å². The third-order valence-electron chi connectivity index (χ3n) is 1.93. The van der Waals surface area contributed by atoms with Crippen molar-refractivity contribution in [2.24, 2.45) is 0 Å². The molecule has 6 heteroatoms. The highest BCUT2D eigenvalue weighted by atomic mass is 32.1. The van der Waals surface area contributed by atoms with Gasteiger partial charge in [-0.05, 0) is 12.8 Å². The van der Waals surface area contributed by atoms with Crippen molar-refractivity contribution in [3.8, 4) is 0 Å². The molecule has 2 amide bonds. The monoisotopic (exact) mass is 264 g/mol. The van der Waals surface area contributed by atoms with Crippen molar-refractivity contribution in [3.05, 3.63) is 0 Å². The van der Waals surface area contributed by atoms with Crippen LogP contribution in [0.15, 0.2) is 0 Å². The van der Waals surface area contributed by atoms with E-state index in [2.05, 4.69) is 35.9 Å². The summed E-state index contributed by atoms with van der Waals surface area (Å²) in [6.07, 6.45) is 2.45. The van der Waals surface area contributed by atoms with Crippen LogP contribution in [0.25, 0.3) is 0 Å². The molecule has 0 aromatic rings. The predicted molar refractivity (Wildman–Crippen MR) is 72.2 cm³/mol. The molecular formula is C10H20N2O2S2. The molecule has 0 heterocycles. The second kappa shape index (κ2) is 11.1. The number of rotatable bonds is 9. The van der Waals surface area contributed by atoms with Gasteiger partial charge in [-0.2, -0.15) is 25.3 Å². The van der Waals surface area contributed by atoms with Gasteiger partial charge < -0.3 is 10.6 Å². The molecular weight excluding hydrogens is 244 g/mol. The molecule has 0 unspecified atom stereocenters. The van der Waals surface area contributed by atoms with Gasteiger partial charge in [0.05, 0.1) is 0 Å². The zero-order valence-corrected chi connectivity index (χ0v) is 11.2. The van der Waals surface area contributed by atoms with Crippen LogP contribution in [-0.4, -0.2) is 36.4 Å². The standard InChI is InChI=1S/C10H20N2O2S2/c13-9(11-5-7-15)3-1-2-4-10(14)12-6-8-16/h15-16H,1-8H2,(H,11,13)(H,12,14). The Morgan fingerprint density at radius 1 is 0.812 bits per heavy atom. The number of amides is 2. The molecule has 0 aliphatic rings. The first kappa shape index (κ1) is 15.6. The van der Waals surface area contributed by atoms with Gasteiger partial charge in [-0.25, -0.2) is 0 Å². The molecule has 0 spiro atoms. The van der Waals surface area contributed by atoms with E-state index < -0.39 is 0 Å². The molecule has 16 heavy (non-hydrogen) atoms. The van der Waals surface area contributed by atoms with Crippen LogP contribution in [0, 0.1) is 0 Å². The third-order valence-corrected chi connectivity index (χ3v) is 2.37. The summed E-state index contributed by atoms with van der Waals surface area (Å²) >= 11 is 7.98. The van der Waals surface area contributed by atoms with Gasteiger partial charge in [0, 0.05) is 37.4 Å². The summed E-state index contributed by atoms with van der Waals surface area (Å²) in [4.78, 5) is 22.3. The van der Waals surface area contributed by atoms with Crippen LogP contribution in [0.2, 0.25) is 0 Å². The molecule has 4 nitrogen and oxygen atoms in total. The van der Waals surface area contributed by atoms with Crippen molar-refractivity contribution in [2.75, 3.05) is 24.6 Å². The minimum absolute atomic E-state index is 0.0322. The van der Waals surface area contributed by atoms with E-state index in [9.17, 15) is 9.59 Å². The van der Waals surface area contributed by atoms with Gasteiger partial charge >= 0.3 is 0 Å². The lowest BCUT2D eigenvalue weighted by Crippen LogP contribution is -2.26. The lowest BCUT2D eigenvalue weighted by atomic mass is 10.2. The molecule has 0 aromatic heterocycles. The highest BCUT2D eigenvalue weighted by Gasteiger charge is 2.02. The Bertz CT molecular complexity index is 191. The van der Waals surface area contributed by atoms with E-state index in [1.54, 1.807) is 0 Å². The van der Waals surface area contributed by atoms with Crippen LogP contribution < -0.4 is 10.6 Å². The van der Waals surface area contributed by atoms with Gasteiger partial charge in [0.2, 0.25) is 11.8 Å². The lowest BCUT2D eigenvalue weighted by molar-refractivity contribution is -0.122. The Morgan fingerprint density at radius 3 is 1.50 bits per heavy atom. The van der Waals surface area contributed by atoms with Crippen LogP contribution >= 0.6 is 25.3 Å². The zero-order valence-electron chi connectivity index (χ0n) is 9.37. The van der Waals surface area contributed by atoms with Crippen LogP contribution in [0.1, 0.15) is 25.7 Å². The van der Waals surface area contributed by atoms with E-state index in [0.717, 1.165) is 12.8 Å². The second-order valence-corrected chi connectivity index (χ2v) is 4.25. The van der Waals surface area contributed by atoms with E-state index in [0.29, 0.717) is 37.4 Å². The number of thiol groups is 2. The van der Waals surface area contributed by atoms with Gasteiger partial charge in [0.25, 0.3) is 0 Å². The summed E-state index contributed by atoms with van der Waals surface area (Å²) in [5, 5.41) is 5.46. The summed E-state index contributed by atoms with van der Waals surface area (Å²) < 4.78 is 0. The molecule has 94 valence electrons. The van der Waals surface area contributed by atoms with Crippen molar-refractivity contribution in [3.63, 3.8) is 0 Å². The molecule has 0 saturated heterocycles. The maximum atomic E-state index is 11.2. The Morgan fingerprint density at radius 2 is 1.19 bits per heavy atom. The number of hydrogen-bond donors (Lipinski definition) is 4. The van der Waals surface area contributed by atoms with Crippen molar-refractivity contribution in [1.29, 1.82) is 0 Å². The lowest BCUT2D eigenvalue weighted by Gasteiger charge is -2.04. The molecule has 0 aliphatic carbocycles. The summed E-state index contributed by atoms with van der Waals surface area (Å²) in [5.74, 6) is 1.37. The van der Waals surface area contributed by atoms with Gasteiger partial charge in [0.1, 0.15) is 0 Å². The minimum Gasteiger partial charge on any atom is -0.355 e. The van der Waals surface area contributed by atoms with Gasteiger partial charge in [-0.15, -0.1) is 0 Å². The normalized spacial score (nSPS) is 9.88. The fraction of sp³-hybridized carbons (Fsp3) is 0.800. The first-order valence-corrected chi connectivity index (χ1v) is 6.72. The van der Waals surface area contributed by atoms with Crippen LogP contribution in [0.3, 0.4) is 0 Å². The average Bonchev–Trinajstić information content (AvgIpc) is 2.29. The number of carbonyl (C=O) groups is 2. The number of hydrogen-bond acceptors (Lipinski definition) is 4. The molecule has 0 rings (SSSR count). The van der Waals surface area contributed by atoms with Gasteiger partial charge in [-0.3, -0.25) is 9.59 Å². The highest BCUT2D eigenvalue weighted by molar-refractivity contribution is 7.80. The Labute approximate surface area is 108 Å². The van der Waals surface area contributed by atoms with Crippen molar-refractivity contribution < 1.29 is 9.59 Å².